The number of rotatable bonds is 6. The topological polar surface area (TPSA) is 35.5 Å². The second kappa shape index (κ2) is 4.94. The number of hydrogen-bond acceptors (Lipinski definition) is 3. The Labute approximate surface area is 136 Å². The van der Waals surface area contributed by atoms with E-state index >= 15 is 0 Å². The molecule has 6 rings (SSSR count). The van der Waals surface area contributed by atoms with Gasteiger partial charge in [-0.25, -0.2) is 0 Å². The minimum absolute atomic E-state index is 0.176. The molecule has 0 saturated heterocycles. The Morgan fingerprint density at radius 3 is 2.35 bits per heavy atom. The van der Waals surface area contributed by atoms with Crippen LogP contribution in [-0.2, 0) is 20.9 Å². The first-order valence-electron chi connectivity index (χ1n) is 8.72. The van der Waals surface area contributed by atoms with Gasteiger partial charge < -0.3 is 9.47 Å². The molecule has 0 aliphatic heterocycles. The summed E-state index contributed by atoms with van der Waals surface area (Å²) in [7, 11) is 0. The van der Waals surface area contributed by atoms with Crippen LogP contribution in [0.5, 0.6) is 0 Å². The second-order valence-electron chi connectivity index (χ2n) is 7.58. The molecule has 0 aromatic heterocycles. The van der Waals surface area contributed by atoms with E-state index in [2.05, 4.69) is 12.1 Å². The molecule has 1 aromatic carbocycles. The van der Waals surface area contributed by atoms with Crippen LogP contribution in [-0.4, -0.2) is 19.2 Å². The largest absolute Gasteiger partial charge is 0.461 e. The van der Waals surface area contributed by atoms with Crippen molar-refractivity contribution in [1.82, 2.24) is 0 Å². The summed E-state index contributed by atoms with van der Waals surface area (Å²) in [5.74, 6) is 4.89. The van der Waals surface area contributed by atoms with Gasteiger partial charge in [-0.15, -0.1) is 0 Å². The molecule has 0 amide bonds. The maximum Gasteiger partial charge on any atom is 0.302 e. The molecule has 5 aliphatic carbocycles. The molecule has 3 nitrogen and oxygen atoms in total. The fraction of sp³-hybridized carbons (Fsp3) is 0.550. The van der Waals surface area contributed by atoms with Gasteiger partial charge in [-0.2, -0.15) is 0 Å². The van der Waals surface area contributed by atoms with Crippen LogP contribution in [0, 0.1) is 35.5 Å². The van der Waals surface area contributed by atoms with Crippen LogP contribution in [0.2, 0.25) is 0 Å². The minimum Gasteiger partial charge on any atom is -0.461 e. The fourth-order valence-electron chi connectivity index (χ4n) is 5.98. The van der Waals surface area contributed by atoms with Gasteiger partial charge in [0.25, 0.3) is 0 Å². The first-order valence-corrected chi connectivity index (χ1v) is 8.72. The number of carbonyl (C=O) groups is 1. The molecule has 0 heterocycles. The first-order chi connectivity index (χ1) is 11.3. The molecule has 6 atom stereocenters. The Kier molecular flexibility index (Phi) is 2.96. The van der Waals surface area contributed by atoms with E-state index in [-0.39, 0.29) is 5.97 Å². The van der Waals surface area contributed by atoms with Crippen LogP contribution in [0.1, 0.15) is 18.9 Å². The molecule has 120 valence electrons. The van der Waals surface area contributed by atoms with Crippen molar-refractivity contribution >= 4 is 5.97 Å². The Bertz CT molecular complexity index is 677. The van der Waals surface area contributed by atoms with Crippen molar-refractivity contribution in [2.45, 2.75) is 20.0 Å². The molecule has 5 aliphatic rings. The Morgan fingerprint density at radius 2 is 1.70 bits per heavy atom. The Hall–Kier alpha value is -1.61. The van der Waals surface area contributed by atoms with E-state index in [0.717, 1.165) is 29.6 Å². The summed E-state index contributed by atoms with van der Waals surface area (Å²) in [6.07, 6.45) is 1.40. The zero-order valence-electron chi connectivity index (χ0n) is 13.4. The lowest BCUT2D eigenvalue weighted by molar-refractivity contribution is -0.140. The number of esters is 1. The van der Waals surface area contributed by atoms with Crippen LogP contribution in [0.15, 0.2) is 41.5 Å². The lowest BCUT2D eigenvalue weighted by Crippen LogP contribution is -2.16. The summed E-state index contributed by atoms with van der Waals surface area (Å²) in [6.45, 7) is 3.36. The molecule has 2 unspecified atom stereocenters. The van der Waals surface area contributed by atoms with Crippen molar-refractivity contribution in [3.05, 3.63) is 47.0 Å². The molecule has 4 saturated carbocycles. The van der Waals surface area contributed by atoms with Crippen LogP contribution >= 0.6 is 0 Å². The molecule has 6 bridgehead atoms. The Balaban J connectivity index is 1.31. The zero-order valence-corrected chi connectivity index (χ0v) is 13.4. The average Bonchev–Trinajstić information content (AvgIpc) is 2.88. The van der Waals surface area contributed by atoms with Gasteiger partial charge in [-0.1, -0.05) is 30.3 Å². The monoisotopic (exact) mass is 310 g/mol. The van der Waals surface area contributed by atoms with Gasteiger partial charge in [-0.3, -0.25) is 4.79 Å². The van der Waals surface area contributed by atoms with Crippen molar-refractivity contribution in [3.8, 4) is 0 Å². The van der Waals surface area contributed by atoms with Crippen LogP contribution in [0.3, 0.4) is 0 Å². The first kappa shape index (κ1) is 13.8. The highest BCUT2D eigenvalue weighted by Crippen LogP contribution is 2.81. The summed E-state index contributed by atoms with van der Waals surface area (Å²) in [5.41, 5.74) is 4.09. The lowest BCUT2D eigenvalue weighted by Gasteiger charge is -2.19. The second-order valence-corrected chi connectivity index (χ2v) is 7.58. The van der Waals surface area contributed by atoms with E-state index in [0.29, 0.717) is 25.7 Å². The van der Waals surface area contributed by atoms with Gasteiger partial charge >= 0.3 is 5.97 Å². The van der Waals surface area contributed by atoms with Gasteiger partial charge in [0, 0.05) is 6.92 Å². The van der Waals surface area contributed by atoms with Gasteiger partial charge in [-0.05, 0) is 58.6 Å². The number of carbonyl (C=O) groups excluding carboxylic acids is 1. The van der Waals surface area contributed by atoms with Gasteiger partial charge in [0.2, 0.25) is 0 Å². The third kappa shape index (κ3) is 1.96. The average molecular weight is 310 g/mol. The summed E-state index contributed by atoms with van der Waals surface area (Å²) >= 11 is 0. The molecule has 1 aromatic rings. The molecule has 23 heavy (non-hydrogen) atoms. The predicted octanol–water partition coefficient (Wildman–Crippen LogP) is 3.20. The maximum absolute atomic E-state index is 11.2. The molecule has 0 N–H and O–H groups in total. The van der Waals surface area contributed by atoms with Crippen molar-refractivity contribution in [1.29, 1.82) is 0 Å². The van der Waals surface area contributed by atoms with E-state index < -0.39 is 0 Å². The van der Waals surface area contributed by atoms with E-state index in [1.54, 1.807) is 0 Å². The van der Waals surface area contributed by atoms with E-state index in [1.165, 1.54) is 30.1 Å². The van der Waals surface area contributed by atoms with E-state index in [4.69, 9.17) is 9.47 Å². The molecular formula is C20H22O3. The number of hydrogen-bond donors (Lipinski definition) is 0. The molecule has 0 spiro atoms. The normalized spacial score (nSPS) is 38.3. The highest BCUT2D eigenvalue weighted by molar-refractivity contribution is 5.66. The van der Waals surface area contributed by atoms with Crippen molar-refractivity contribution in [3.63, 3.8) is 0 Å². The fourth-order valence-corrected chi connectivity index (χ4v) is 5.98. The molecule has 4 fully saturated rings. The lowest BCUT2D eigenvalue weighted by atomic mass is 9.92. The van der Waals surface area contributed by atoms with Crippen molar-refractivity contribution in [2.24, 2.45) is 35.5 Å². The van der Waals surface area contributed by atoms with Gasteiger partial charge in [0.1, 0.15) is 6.61 Å². The smallest absolute Gasteiger partial charge is 0.302 e. The van der Waals surface area contributed by atoms with Crippen molar-refractivity contribution in [2.75, 3.05) is 13.2 Å². The minimum atomic E-state index is -0.176. The number of ether oxygens (including phenoxy) is 2. The molecular weight excluding hydrogens is 288 g/mol. The highest BCUT2D eigenvalue weighted by atomic mass is 16.5. The predicted molar refractivity (Wildman–Crippen MR) is 85.3 cm³/mol. The summed E-state index contributed by atoms with van der Waals surface area (Å²) < 4.78 is 11.4. The van der Waals surface area contributed by atoms with E-state index in [9.17, 15) is 4.79 Å². The SMILES string of the molecule is CC(=O)OCC1=C(COCc2ccccc2)[C@H]2C3C4[C@H]3C[C@H]2[C@H]14. The summed E-state index contributed by atoms with van der Waals surface area (Å²) in [4.78, 5) is 11.2. The summed E-state index contributed by atoms with van der Waals surface area (Å²) in [6, 6.07) is 10.3. The van der Waals surface area contributed by atoms with E-state index in [1.807, 2.05) is 18.2 Å². The van der Waals surface area contributed by atoms with Crippen LogP contribution in [0.4, 0.5) is 0 Å². The third-order valence-corrected chi connectivity index (χ3v) is 6.61. The van der Waals surface area contributed by atoms with Crippen LogP contribution < -0.4 is 0 Å². The highest BCUT2D eigenvalue weighted by Gasteiger charge is 2.77. The zero-order chi connectivity index (χ0) is 15.6. The Morgan fingerprint density at radius 1 is 1.00 bits per heavy atom. The quantitative estimate of drug-likeness (QED) is 0.598. The van der Waals surface area contributed by atoms with Crippen LogP contribution in [0.25, 0.3) is 0 Å². The number of benzene rings is 1. The van der Waals surface area contributed by atoms with Gasteiger partial charge in [0.05, 0.1) is 13.2 Å². The maximum atomic E-state index is 11.2. The van der Waals surface area contributed by atoms with Crippen molar-refractivity contribution < 1.29 is 14.3 Å². The summed E-state index contributed by atoms with van der Waals surface area (Å²) in [5, 5.41) is 0. The third-order valence-electron chi connectivity index (χ3n) is 6.61. The molecule has 3 heteroatoms. The standard InChI is InChI=1S/C20H22O3/c1-11(21)23-10-16-15(9-22-8-12-5-3-2-4-6-12)17-13-7-14-19(17)20(14)18(13)16/h2-6,13-14,17-20H,7-10H2,1H3/t13-,14+,17+,18-,19?,20?/m1/s1. The van der Waals surface area contributed by atoms with Gasteiger partial charge in [0.15, 0.2) is 0 Å². The molecule has 0 radical (unpaired) electrons.